The van der Waals surface area contributed by atoms with Crippen LogP contribution in [-0.2, 0) is 4.74 Å². The summed E-state index contributed by atoms with van der Waals surface area (Å²) in [5.74, 6) is 0.461. The van der Waals surface area contributed by atoms with Crippen molar-refractivity contribution in [3.63, 3.8) is 0 Å². The van der Waals surface area contributed by atoms with E-state index in [4.69, 9.17) is 21.1 Å². The molecule has 1 fully saturated rings. The smallest absolute Gasteiger partial charge is 0.410 e. The van der Waals surface area contributed by atoms with Gasteiger partial charge in [0.1, 0.15) is 22.6 Å². The fourth-order valence-corrected chi connectivity index (χ4v) is 2.23. The lowest BCUT2D eigenvalue weighted by Gasteiger charge is -2.35. The summed E-state index contributed by atoms with van der Waals surface area (Å²) in [6.45, 7) is 5.69. The van der Waals surface area contributed by atoms with E-state index in [1.165, 1.54) is 11.1 Å². The molecule has 0 N–H and O–H groups in total. The topological polar surface area (TPSA) is 51.7 Å². The van der Waals surface area contributed by atoms with Gasteiger partial charge in [0.2, 0.25) is 0 Å². The van der Waals surface area contributed by atoms with Crippen molar-refractivity contribution in [2.24, 2.45) is 0 Å². The first kappa shape index (κ1) is 16.8. The quantitative estimate of drug-likeness (QED) is 0.779. The Kier molecular flexibility index (Phi) is 5.11. The number of piperidine rings is 1. The van der Waals surface area contributed by atoms with Gasteiger partial charge in [-0.1, -0.05) is 11.6 Å². The van der Waals surface area contributed by atoms with E-state index >= 15 is 0 Å². The Labute approximate surface area is 134 Å². The van der Waals surface area contributed by atoms with Gasteiger partial charge in [0.25, 0.3) is 0 Å². The Morgan fingerprint density at radius 2 is 2.18 bits per heavy atom. The summed E-state index contributed by atoms with van der Waals surface area (Å²) in [4.78, 5) is 17.2. The number of hydrogen-bond donors (Lipinski definition) is 0. The van der Waals surface area contributed by atoms with Crippen molar-refractivity contribution in [2.45, 2.75) is 45.1 Å². The number of carbonyl (C=O) groups is 1. The molecule has 2 rings (SSSR count). The average molecular weight is 331 g/mol. The van der Waals surface area contributed by atoms with Gasteiger partial charge < -0.3 is 14.4 Å². The number of nitrogens with zero attached hydrogens (tertiary/aromatic N) is 2. The van der Waals surface area contributed by atoms with E-state index in [-0.39, 0.29) is 6.54 Å². The van der Waals surface area contributed by atoms with Crippen LogP contribution >= 0.6 is 11.6 Å². The highest BCUT2D eigenvalue weighted by atomic mass is 35.5. The maximum Gasteiger partial charge on any atom is 0.410 e. The average Bonchev–Trinajstić information content (AvgIpc) is 2.41. The highest BCUT2D eigenvalue weighted by Gasteiger charge is 2.34. The second-order valence-corrected chi connectivity index (χ2v) is 6.59. The highest BCUT2D eigenvalue weighted by molar-refractivity contribution is 6.29. The number of alkyl halides is 1. The second kappa shape index (κ2) is 6.69. The van der Waals surface area contributed by atoms with Crippen LogP contribution in [0, 0.1) is 0 Å². The van der Waals surface area contributed by atoms with Crippen LogP contribution in [0.1, 0.15) is 27.2 Å². The highest BCUT2D eigenvalue weighted by Crippen LogP contribution is 2.23. The molecule has 7 heteroatoms. The molecule has 1 aromatic rings. The van der Waals surface area contributed by atoms with Crippen LogP contribution in [0.3, 0.4) is 0 Å². The fraction of sp³-hybridized carbons (Fsp3) is 0.600. The summed E-state index contributed by atoms with van der Waals surface area (Å²) in [5.41, 5.74) is -0.592. The van der Waals surface area contributed by atoms with Crippen LogP contribution in [0.15, 0.2) is 18.3 Å². The maximum atomic E-state index is 14.2. The van der Waals surface area contributed by atoms with Crippen molar-refractivity contribution in [3.05, 3.63) is 23.5 Å². The number of likely N-dealkylation sites (tertiary alicyclic amines) is 1. The Morgan fingerprint density at radius 1 is 1.45 bits per heavy atom. The zero-order valence-electron chi connectivity index (χ0n) is 12.9. The number of amides is 1. The largest absolute Gasteiger partial charge is 0.486 e. The van der Waals surface area contributed by atoms with E-state index in [1.807, 2.05) is 0 Å². The number of rotatable bonds is 2. The van der Waals surface area contributed by atoms with E-state index < -0.39 is 24.0 Å². The number of aromatic nitrogens is 1. The van der Waals surface area contributed by atoms with E-state index in [2.05, 4.69) is 4.98 Å². The van der Waals surface area contributed by atoms with E-state index in [9.17, 15) is 9.18 Å². The summed E-state index contributed by atoms with van der Waals surface area (Å²) in [6, 6.07) is 3.22. The van der Waals surface area contributed by atoms with Crippen molar-refractivity contribution < 1.29 is 18.7 Å². The molecule has 1 aromatic heterocycles. The predicted molar refractivity (Wildman–Crippen MR) is 81.0 cm³/mol. The van der Waals surface area contributed by atoms with Crippen molar-refractivity contribution in [3.8, 4) is 5.75 Å². The number of hydrogen-bond acceptors (Lipinski definition) is 4. The zero-order valence-corrected chi connectivity index (χ0v) is 13.6. The molecular formula is C15H20ClFN2O3. The predicted octanol–water partition coefficient (Wildman–Crippen LogP) is 3.46. The monoisotopic (exact) mass is 330 g/mol. The molecule has 122 valence electrons. The lowest BCUT2D eigenvalue weighted by molar-refractivity contribution is -0.0106. The van der Waals surface area contributed by atoms with Crippen LogP contribution in [0.4, 0.5) is 9.18 Å². The van der Waals surface area contributed by atoms with Crippen LogP contribution in [0.25, 0.3) is 0 Å². The number of ether oxygens (including phenoxy) is 2. The first-order valence-corrected chi connectivity index (χ1v) is 7.52. The standard InChI is InChI=1S/C15H20ClFN2O3/c1-15(2,3)22-14(20)19-7-6-12(11(17)9-19)21-10-4-5-13(16)18-8-10/h4-5,8,11-12H,6-7,9H2,1-3H3/t11-,12+/m0/s1. The fourth-order valence-electron chi connectivity index (χ4n) is 2.12. The molecule has 0 aliphatic carbocycles. The molecule has 0 spiro atoms. The van der Waals surface area contributed by atoms with E-state index in [0.717, 1.165) is 0 Å². The minimum Gasteiger partial charge on any atom is -0.486 e. The molecule has 2 heterocycles. The molecular weight excluding hydrogens is 311 g/mol. The molecule has 2 atom stereocenters. The van der Waals surface area contributed by atoms with Crippen LogP contribution in [-0.4, -0.2) is 46.9 Å². The third-order valence-electron chi connectivity index (χ3n) is 3.12. The lowest BCUT2D eigenvalue weighted by Crippen LogP contribution is -2.50. The van der Waals surface area contributed by atoms with Crippen LogP contribution in [0.5, 0.6) is 5.75 Å². The van der Waals surface area contributed by atoms with Gasteiger partial charge in [-0.15, -0.1) is 0 Å². The molecule has 5 nitrogen and oxygen atoms in total. The van der Waals surface area contributed by atoms with E-state index in [1.54, 1.807) is 32.9 Å². The minimum atomic E-state index is -1.28. The molecule has 0 radical (unpaired) electrons. The third kappa shape index (κ3) is 4.73. The van der Waals surface area contributed by atoms with Gasteiger partial charge in [-0.2, -0.15) is 0 Å². The van der Waals surface area contributed by atoms with E-state index in [0.29, 0.717) is 23.9 Å². The van der Waals surface area contributed by atoms with Crippen LogP contribution in [0.2, 0.25) is 5.15 Å². The van der Waals surface area contributed by atoms with Crippen molar-refractivity contribution in [1.82, 2.24) is 9.88 Å². The Bertz CT molecular complexity index is 519. The molecule has 1 amide bonds. The Morgan fingerprint density at radius 3 is 2.73 bits per heavy atom. The first-order valence-electron chi connectivity index (χ1n) is 7.15. The lowest BCUT2D eigenvalue weighted by atomic mass is 10.1. The number of carbonyl (C=O) groups excluding carboxylic acids is 1. The normalized spacial score (nSPS) is 22.3. The maximum absolute atomic E-state index is 14.2. The Hall–Kier alpha value is -1.56. The minimum absolute atomic E-state index is 0.0411. The van der Waals surface area contributed by atoms with Gasteiger partial charge in [0.15, 0.2) is 6.17 Å². The summed E-state index contributed by atoms with van der Waals surface area (Å²) in [5, 5.41) is 0.351. The van der Waals surface area contributed by atoms with Gasteiger partial charge in [-0.3, -0.25) is 0 Å². The summed E-state index contributed by atoms with van der Waals surface area (Å²) >= 11 is 5.69. The zero-order chi connectivity index (χ0) is 16.3. The van der Waals surface area contributed by atoms with Crippen molar-refractivity contribution in [1.29, 1.82) is 0 Å². The molecule has 0 saturated carbocycles. The van der Waals surface area contributed by atoms with Gasteiger partial charge in [0, 0.05) is 13.0 Å². The van der Waals surface area contributed by atoms with Crippen molar-refractivity contribution in [2.75, 3.05) is 13.1 Å². The molecule has 22 heavy (non-hydrogen) atoms. The van der Waals surface area contributed by atoms with Gasteiger partial charge in [-0.25, -0.2) is 14.2 Å². The summed E-state index contributed by atoms with van der Waals surface area (Å²) < 4.78 is 25.1. The Balaban J connectivity index is 1.90. The summed E-state index contributed by atoms with van der Waals surface area (Å²) in [7, 11) is 0. The first-order chi connectivity index (χ1) is 10.2. The molecule has 0 bridgehead atoms. The van der Waals surface area contributed by atoms with Gasteiger partial charge >= 0.3 is 6.09 Å². The molecule has 0 aromatic carbocycles. The third-order valence-corrected chi connectivity index (χ3v) is 3.34. The van der Waals surface area contributed by atoms with Crippen LogP contribution < -0.4 is 4.74 Å². The molecule has 1 saturated heterocycles. The SMILES string of the molecule is CC(C)(C)OC(=O)N1CC[C@@H](Oc2ccc(Cl)nc2)[C@@H](F)C1. The van der Waals surface area contributed by atoms with Gasteiger partial charge in [0.05, 0.1) is 12.7 Å². The van der Waals surface area contributed by atoms with Crippen molar-refractivity contribution >= 4 is 17.7 Å². The molecule has 0 unspecified atom stereocenters. The number of halogens is 2. The number of pyridine rings is 1. The molecule has 1 aliphatic heterocycles. The summed E-state index contributed by atoms with van der Waals surface area (Å²) in [6.07, 6.45) is -0.543. The molecule has 1 aliphatic rings. The van der Waals surface area contributed by atoms with Gasteiger partial charge in [-0.05, 0) is 32.9 Å². The second-order valence-electron chi connectivity index (χ2n) is 6.20.